The van der Waals surface area contributed by atoms with Gasteiger partial charge in [0.1, 0.15) is 5.82 Å². The molecule has 0 radical (unpaired) electrons. The van der Waals surface area contributed by atoms with Crippen molar-refractivity contribution in [3.05, 3.63) is 35.6 Å². The molecule has 102 valence electrons. The molecule has 2 atom stereocenters. The number of hydrogen-bond donors (Lipinski definition) is 2. The molecule has 1 aromatic rings. The van der Waals surface area contributed by atoms with Crippen molar-refractivity contribution >= 4 is 0 Å². The number of aliphatic hydroxyl groups is 1. The Morgan fingerprint density at radius 3 is 2.67 bits per heavy atom. The molecule has 2 N–H and O–H groups in total. The summed E-state index contributed by atoms with van der Waals surface area (Å²) in [4.78, 5) is 0. The highest BCUT2D eigenvalue weighted by Crippen LogP contribution is 2.14. The summed E-state index contributed by atoms with van der Waals surface area (Å²) in [5.41, 5.74) is 0.586. The number of ether oxygens (including phenoxy) is 1. The second kappa shape index (κ2) is 7.46. The Bertz CT molecular complexity index is 357. The molecule has 0 aliphatic heterocycles. The summed E-state index contributed by atoms with van der Waals surface area (Å²) in [7, 11) is 1.65. The first-order valence-electron chi connectivity index (χ1n) is 6.20. The second-order valence-electron chi connectivity index (χ2n) is 4.78. The smallest absolute Gasteiger partial charge is 0.123 e. The summed E-state index contributed by atoms with van der Waals surface area (Å²) < 4.78 is 18.1. The van der Waals surface area contributed by atoms with Crippen molar-refractivity contribution in [2.24, 2.45) is 5.92 Å². The molecule has 0 heterocycles. The van der Waals surface area contributed by atoms with Crippen LogP contribution >= 0.6 is 0 Å². The Morgan fingerprint density at radius 2 is 2.11 bits per heavy atom. The highest BCUT2D eigenvalue weighted by atomic mass is 19.1. The lowest BCUT2D eigenvalue weighted by molar-refractivity contribution is 0.124. The number of benzene rings is 1. The molecule has 0 amide bonds. The van der Waals surface area contributed by atoms with Crippen LogP contribution < -0.4 is 5.32 Å². The molecule has 1 aromatic carbocycles. The van der Waals surface area contributed by atoms with Gasteiger partial charge in [-0.15, -0.1) is 0 Å². The van der Waals surface area contributed by atoms with E-state index < -0.39 is 6.10 Å². The molecule has 0 aliphatic carbocycles. The molecule has 1 rings (SSSR count). The first-order valence-corrected chi connectivity index (χ1v) is 6.20. The Balaban J connectivity index is 2.51. The van der Waals surface area contributed by atoms with Crippen LogP contribution in [0.5, 0.6) is 0 Å². The fourth-order valence-electron chi connectivity index (χ4n) is 1.76. The predicted molar refractivity (Wildman–Crippen MR) is 69.9 cm³/mol. The number of aliphatic hydroxyl groups excluding tert-OH is 1. The van der Waals surface area contributed by atoms with Gasteiger partial charge >= 0.3 is 0 Å². The number of halogens is 1. The van der Waals surface area contributed by atoms with Crippen molar-refractivity contribution in [3.8, 4) is 0 Å². The van der Waals surface area contributed by atoms with E-state index in [9.17, 15) is 9.50 Å². The van der Waals surface area contributed by atoms with Gasteiger partial charge in [-0.25, -0.2) is 4.39 Å². The molecule has 0 aliphatic rings. The summed E-state index contributed by atoms with van der Waals surface area (Å²) in [5, 5.41) is 13.2. The van der Waals surface area contributed by atoms with Crippen molar-refractivity contribution in [1.29, 1.82) is 0 Å². The van der Waals surface area contributed by atoms with Crippen LogP contribution in [0.4, 0.5) is 4.39 Å². The first-order chi connectivity index (χ1) is 8.54. The molecule has 0 saturated heterocycles. The molecule has 3 nitrogen and oxygen atoms in total. The number of nitrogens with one attached hydrogen (secondary N) is 1. The van der Waals surface area contributed by atoms with Crippen molar-refractivity contribution in [2.75, 3.05) is 20.3 Å². The minimum atomic E-state index is -0.709. The summed E-state index contributed by atoms with van der Waals surface area (Å²) >= 11 is 0. The molecule has 0 aromatic heterocycles. The van der Waals surface area contributed by atoms with Gasteiger partial charge in [-0.3, -0.25) is 0 Å². The third kappa shape index (κ3) is 4.72. The van der Waals surface area contributed by atoms with Gasteiger partial charge in [-0.05, 0) is 23.6 Å². The third-order valence-corrected chi connectivity index (χ3v) is 2.96. The minimum absolute atomic E-state index is 0.179. The van der Waals surface area contributed by atoms with Crippen molar-refractivity contribution in [1.82, 2.24) is 5.32 Å². The van der Waals surface area contributed by atoms with Gasteiger partial charge < -0.3 is 15.2 Å². The topological polar surface area (TPSA) is 41.5 Å². The average molecular weight is 255 g/mol. The van der Waals surface area contributed by atoms with E-state index in [1.807, 2.05) is 0 Å². The highest BCUT2D eigenvalue weighted by molar-refractivity contribution is 5.18. The van der Waals surface area contributed by atoms with Crippen LogP contribution in [0.25, 0.3) is 0 Å². The molecule has 18 heavy (non-hydrogen) atoms. The van der Waals surface area contributed by atoms with Crippen LogP contribution in [0.2, 0.25) is 0 Å². The summed E-state index contributed by atoms with van der Waals surface area (Å²) in [5.74, 6) is 0.0773. The normalized spacial score (nSPS) is 14.8. The molecule has 0 bridgehead atoms. The fraction of sp³-hybridized carbons (Fsp3) is 0.571. The van der Waals surface area contributed by atoms with Crippen LogP contribution in [-0.4, -0.2) is 31.4 Å². The van der Waals surface area contributed by atoms with E-state index in [4.69, 9.17) is 4.74 Å². The maximum absolute atomic E-state index is 13.0. The van der Waals surface area contributed by atoms with Crippen LogP contribution in [-0.2, 0) is 4.74 Å². The molecule has 4 heteroatoms. The van der Waals surface area contributed by atoms with E-state index >= 15 is 0 Å². The Morgan fingerprint density at radius 1 is 1.39 bits per heavy atom. The van der Waals surface area contributed by atoms with Crippen LogP contribution in [0.1, 0.15) is 25.5 Å². The van der Waals surface area contributed by atoms with Crippen molar-refractivity contribution in [2.45, 2.75) is 26.0 Å². The Labute approximate surface area is 108 Å². The van der Waals surface area contributed by atoms with E-state index in [0.717, 1.165) is 0 Å². The summed E-state index contributed by atoms with van der Waals surface area (Å²) in [6, 6.07) is 6.22. The van der Waals surface area contributed by atoms with Gasteiger partial charge in [0.15, 0.2) is 0 Å². The zero-order chi connectivity index (χ0) is 13.5. The van der Waals surface area contributed by atoms with Crippen LogP contribution in [0, 0.1) is 11.7 Å². The zero-order valence-corrected chi connectivity index (χ0v) is 11.2. The maximum Gasteiger partial charge on any atom is 0.123 e. The molecule has 0 spiro atoms. The van der Waals surface area contributed by atoms with Crippen LogP contribution in [0.3, 0.4) is 0 Å². The fourth-order valence-corrected chi connectivity index (χ4v) is 1.76. The SMILES string of the molecule is COCC(NCC(O)c1cccc(F)c1)C(C)C. The highest BCUT2D eigenvalue weighted by Gasteiger charge is 2.15. The molecule has 0 fully saturated rings. The standard InChI is InChI=1S/C14H22FNO2/c1-10(2)13(9-18-3)16-8-14(17)11-5-4-6-12(15)7-11/h4-7,10,13-14,16-17H,8-9H2,1-3H3. The quantitative estimate of drug-likeness (QED) is 0.784. The van der Waals surface area contributed by atoms with Gasteiger partial charge in [0.2, 0.25) is 0 Å². The monoisotopic (exact) mass is 255 g/mol. The Hall–Kier alpha value is -0.970. The maximum atomic E-state index is 13.0. The van der Waals surface area contributed by atoms with Gasteiger partial charge in [0.05, 0.1) is 12.7 Å². The largest absolute Gasteiger partial charge is 0.387 e. The second-order valence-corrected chi connectivity index (χ2v) is 4.78. The molecular formula is C14H22FNO2. The zero-order valence-electron chi connectivity index (χ0n) is 11.2. The number of methoxy groups -OCH3 is 1. The molecule has 2 unspecified atom stereocenters. The van der Waals surface area contributed by atoms with Gasteiger partial charge in [-0.1, -0.05) is 26.0 Å². The van der Waals surface area contributed by atoms with E-state index in [1.165, 1.54) is 12.1 Å². The molecule has 0 saturated carbocycles. The van der Waals surface area contributed by atoms with Crippen molar-refractivity contribution in [3.63, 3.8) is 0 Å². The summed E-state index contributed by atoms with van der Waals surface area (Å²) in [6.07, 6.45) is -0.709. The lowest BCUT2D eigenvalue weighted by atomic mass is 10.0. The van der Waals surface area contributed by atoms with Gasteiger partial charge in [-0.2, -0.15) is 0 Å². The lowest BCUT2D eigenvalue weighted by Crippen LogP contribution is -2.39. The minimum Gasteiger partial charge on any atom is -0.387 e. The third-order valence-electron chi connectivity index (χ3n) is 2.96. The summed E-state index contributed by atoms with van der Waals surface area (Å²) in [6.45, 7) is 5.15. The van der Waals surface area contributed by atoms with E-state index in [0.29, 0.717) is 24.6 Å². The average Bonchev–Trinajstić information content (AvgIpc) is 2.33. The van der Waals surface area contributed by atoms with Crippen molar-refractivity contribution < 1.29 is 14.2 Å². The van der Waals surface area contributed by atoms with E-state index in [1.54, 1.807) is 19.2 Å². The van der Waals surface area contributed by atoms with E-state index in [2.05, 4.69) is 19.2 Å². The van der Waals surface area contributed by atoms with Gasteiger partial charge in [0, 0.05) is 19.7 Å². The Kier molecular flexibility index (Phi) is 6.25. The van der Waals surface area contributed by atoms with E-state index in [-0.39, 0.29) is 11.9 Å². The van der Waals surface area contributed by atoms with Crippen LogP contribution in [0.15, 0.2) is 24.3 Å². The number of hydrogen-bond acceptors (Lipinski definition) is 3. The predicted octanol–water partition coefficient (Wildman–Crippen LogP) is 2.12. The first kappa shape index (κ1) is 15.1. The number of rotatable bonds is 7. The molecular weight excluding hydrogens is 233 g/mol. The lowest BCUT2D eigenvalue weighted by Gasteiger charge is -2.23. The van der Waals surface area contributed by atoms with Gasteiger partial charge in [0.25, 0.3) is 0 Å².